The summed E-state index contributed by atoms with van der Waals surface area (Å²) in [6.45, 7) is 3.69. The van der Waals surface area contributed by atoms with Crippen LogP contribution in [0.4, 0.5) is 18.9 Å². The number of H-pyrrole nitrogens is 1. The Morgan fingerprint density at radius 3 is 2.39 bits per heavy atom. The lowest BCUT2D eigenvalue weighted by Gasteiger charge is -2.29. The Balaban J connectivity index is 1.53. The van der Waals surface area contributed by atoms with E-state index in [9.17, 15) is 18.0 Å². The van der Waals surface area contributed by atoms with Gasteiger partial charge in [-0.25, -0.2) is 4.99 Å². The molecule has 0 spiro atoms. The van der Waals surface area contributed by atoms with Crippen LogP contribution in [0.3, 0.4) is 0 Å². The van der Waals surface area contributed by atoms with Gasteiger partial charge in [0, 0.05) is 16.6 Å². The molecule has 0 saturated carbocycles. The number of rotatable bonds is 4. The van der Waals surface area contributed by atoms with Crippen molar-refractivity contribution in [2.45, 2.75) is 26.1 Å². The van der Waals surface area contributed by atoms with E-state index in [1.54, 1.807) is 31.3 Å². The summed E-state index contributed by atoms with van der Waals surface area (Å²) >= 11 is 0. The molecule has 0 bridgehead atoms. The maximum atomic E-state index is 13.5. The van der Waals surface area contributed by atoms with Crippen LogP contribution in [-0.4, -0.2) is 21.9 Å². The van der Waals surface area contributed by atoms with Crippen LogP contribution in [0.1, 0.15) is 35.2 Å². The van der Waals surface area contributed by atoms with E-state index in [2.05, 4.69) is 25.8 Å². The van der Waals surface area contributed by atoms with Crippen LogP contribution in [0.2, 0.25) is 0 Å². The Kier molecular flexibility index (Phi) is 5.83. The number of alkyl halides is 3. The third kappa shape index (κ3) is 4.59. The van der Waals surface area contributed by atoms with Crippen molar-refractivity contribution >= 4 is 28.3 Å². The van der Waals surface area contributed by atoms with Crippen molar-refractivity contribution in [2.24, 2.45) is 4.99 Å². The number of aromatic amines is 1. The van der Waals surface area contributed by atoms with Gasteiger partial charge >= 0.3 is 6.18 Å². The third-order valence-electron chi connectivity index (χ3n) is 6.08. The van der Waals surface area contributed by atoms with E-state index in [0.29, 0.717) is 28.4 Å². The Labute approximate surface area is 205 Å². The van der Waals surface area contributed by atoms with Crippen molar-refractivity contribution in [2.75, 3.05) is 5.32 Å². The molecule has 2 heterocycles. The molecule has 1 aliphatic heterocycles. The fraction of sp³-hybridized carbons (Fsp3) is 0.148. The van der Waals surface area contributed by atoms with Crippen molar-refractivity contribution in [3.05, 3.63) is 106 Å². The second-order valence-corrected chi connectivity index (χ2v) is 8.65. The predicted octanol–water partition coefficient (Wildman–Crippen LogP) is 5.89. The van der Waals surface area contributed by atoms with Crippen LogP contribution < -0.4 is 10.6 Å². The van der Waals surface area contributed by atoms with Gasteiger partial charge in [-0.15, -0.1) is 0 Å². The molecule has 4 aromatic rings. The Hall–Kier alpha value is -4.40. The number of hydrogen-bond donors (Lipinski definition) is 3. The van der Waals surface area contributed by atoms with Crippen molar-refractivity contribution in [3.63, 3.8) is 0 Å². The Morgan fingerprint density at radius 1 is 0.972 bits per heavy atom. The zero-order chi connectivity index (χ0) is 25.4. The minimum atomic E-state index is -4.45. The SMILES string of the molecule is CC1=C(C(=O)Nc2ccc3[nH]ncc3c2)C(c2ccc(C(F)(F)F)cc2)NC(c2ccc(C)cc2)=N1. The normalized spacial score (nSPS) is 16.0. The van der Waals surface area contributed by atoms with Crippen LogP contribution in [-0.2, 0) is 11.0 Å². The van der Waals surface area contributed by atoms with Crippen molar-refractivity contribution in [3.8, 4) is 0 Å². The van der Waals surface area contributed by atoms with Gasteiger partial charge in [-0.1, -0.05) is 42.0 Å². The lowest BCUT2D eigenvalue weighted by atomic mass is 9.93. The number of amidine groups is 1. The van der Waals surface area contributed by atoms with Crippen molar-refractivity contribution in [1.29, 1.82) is 0 Å². The van der Waals surface area contributed by atoms with Crippen LogP contribution in [0.5, 0.6) is 0 Å². The number of carbonyl (C=O) groups is 1. The number of nitrogens with zero attached hydrogens (tertiary/aromatic N) is 2. The van der Waals surface area contributed by atoms with Crippen LogP contribution in [0.15, 0.2) is 89.2 Å². The minimum Gasteiger partial charge on any atom is -0.358 e. The van der Waals surface area contributed by atoms with Gasteiger partial charge in [0.05, 0.1) is 34.6 Å². The van der Waals surface area contributed by atoms with Gasteiger partial charge in [0.15, 0.2) is 0 Å². The largest absolute Gasteiger partial charge is 0.416 e. The first kappa shape index (κ1) is 23.3. The summed E-state index contributed by atoms with van der Waals surface area (Å²) in [6, 6.07) is 17.1. The monoisotopic (exact) mass is 489 g/mol. The highest BCUT2D eigenvalue weighted by Crippen LogP contribution is 2.34. The molecule has 1 aliphatic rings. The molecule has 6 nitrogen and oxygen atoms in total. The fourth-order valence-corrected chi connectivity index (χ4v) is 4.17. The number of anilines is 1. The Morgan fingerprint density at radius 2 is 1.69 bits per heavy atom. The summed E-state index contributed by atoms with van der Waals surface area (Å²) in [7, 11) is 0. The highest BCUT2D eigenvalue weighted by molar-refractivity contribution is 6.09. The van der Waals surface area contributed by atoms with Crippen LogP contribution in [0, 0.1) is 6.92 Å². The summed E-state index contributed by atoms with van der Waals surface area (Å²) in [5.41, 5.74) is 3.82. The zero-order valence-corrected chi connectivity index (χ0v) is 19.4. The van der Waals surface area contributed by atoms with Gasteiger partial charge < -0.3 is 10.6 Å². The summed E-state index contributed by atoms with van der Waals surface area (Å²) in [4.78, 5) is 18.1. The third-order valence-corrected chi connectivity index (χ3v) is 6.08. The summed E-state index contributed by atoms with van der Waals surface area (Å²) in [5, 5.41) is 13.8. The molecule has 0 saturated heterocycles. The average molecular weight is 490 g/mol. The van der Waals surface area contributed by atoms with Gasteiger partial charge in [-0.05, 0) is 49.7 Å². The summed E-state index contributed by atoms with van der Waals surface area (Å²) < 4.78 is 39.5. The number of halogens is 3. The molecule has 1 atom stereocenters. The molecule has 0 fully saturated rings. The second kappa shape index (κ2) is 8.99. The van der Waals surface area contributed by atoms with Gasteiger partial charge in [0.25, 0.3) is 5.91 Å². The minimum absolute atomic E-state index is 0.318. The van der Waals surface area contributed by atoms with Crippen LogP contribution in [0.25, 0.3) is 10.9 Å². The number of nitrogens with one attached hydrogen (secondary N) is 3. The van der Waals surface area contributed by atoms with E-state index in [4.69, 9.17) is 0 Å². The number of amides is 1. The van der Waals surface area contributed by atoms with Crippen molar-refractivity contribution in [1.82, 2.24) is 15.5 Å². The van der Waals surface area contributed by atoms with Crippen molar-refractivity contribution < 1.29 is 18.0 Å². The molecule has 3 N–H and O–H groups in total. The Bertz CT molecular complexity index is 1500. The first-order chi connectivity index (χ1) is 17.2. The number of benzene rings is 3. The number of carbonyl (C=O) groups excluding carboxylic acids is 1. The average Bonchev–Trinajstić information content (AvgIpc) is 3.31. The van der Waals surface area contributed by atoms with E-state index >= 15 is 0 Å². The highest BCUT2D eigenvalue weighted by atomic mass is 19.4. The molecule has 1 amide bonds. The molecule has 9 heteroatoms. The molecule has 3 aromatic carbocycles. The van der Waals surface area contributed by atoms with E-state index in [1.807, 2.05) is 31.2 Å². The topological polar surface area (TPSA) is 82.2 Å². The van der Waals surface area contributed by atoms with Crippen LogP contribution >= 0.6 is 0 Å². The van der Waals surface area contributed by atoms with Gasteiger partial charge in [0.2, 0.25) is 0 Å². The quantitative estimate of drug-likeness (QED) is 0.334. The number of fused-ring (bicyclic) bond motifs is 1. The number of aryl methyl sites for hydroxylation is 1. The predicted molar refractivity (Wildman–Crippen MR) is 132 cm³/mol. The standard InChI is InChI=1S/C27H22F3N5O/c1-15-3-5-18(6-4-15)25-32-16(2)23(24(34-25)17-7-9-20(10-8-17)27(28,29)30)26(36)33-21-11-12-22-19(13-21)14-31-35-22/h3-14,24H,1-2H3,(H,31,35)(H,32,34)(H,33,36). The lowest BCUT2D eigenvalue weighted by Crippen LogP contribution is -2.37. The molecule has 5 rings (SSSR count). The lowest BCUT2D eigenvalue weighted by molar-refractivity contribution is -0.137. The molecule has 0 aliphatic carbocycles. The number of aromatic nitrogens is 2. The van der Waals surface area contributed by atoms with Gasteiger partial charge in [-0.3, -0.25) is 9.89 Å². The van der Waals surface area contributed by atoms with E-state index in [-0.39, 0.29) is 0 Å². The molecule has 36 heavy (non-hydrogen) atoms. The number of hydrogen-bond acceptors (Lipinski definition) is 4. The first-order valence-corrected chi connectivity index (χ1v) is 11.2. The first-order valence-electron chi connectivity index (χ1n) is 11.2. The van der Waals surface area contributed by atoms with E-state index in [0.717, 1.165) is 34.2 Å². The fourth-order valence-electron chi connectivity index (χ4n) is 4.17. The summed E-state index contributed by atoms with van der Waals surface area (Å²) in [6.07, 6.45) is -2.80. The molecule has 1 aromatic heterocycles. The van der Waals surface area contributed by atoms with Gasteiger partial charge in [-0.2, -0.15) is 18.3 Å². The van der Waals surface area contributed by atoms with Gasteiger partial charge in [0.1, 0.15) is 5.84 Å². The molecule has 1 unspecified atom stereocenters. The molecule has 0 radical (unpaired) electrons. The molecular weight excluding hydrogens is 467 g/mol. The smallest absolute Gasteiger partial charge is 0.358 e. The maximum Gasteiger partial charge on any atom is 0.416 e. The number of allylic oxidation sites excluding steroid dienone is 1. The summed E-state index contributed by atoms with van der Waals surface area (Å²) in [5.74, 6) is 0.133. The number of aliphatic imine (C=N–C) groups is 1. The maximum absolute atomic E-state index is 13.5. The second-order valence-electron chi connectivity index (χ2n) is 8.65. The molecular formula is C27H22F3N5O. The highest BCUT2D eigenvalue weighted by Gasteiger charge is 2.33. The zero-order valence-electron chi connectivity index (χ0n) is 19.4. The molecule has 182 valence electrons. The van der Waals surface area contributed by atoms with E-state index in [1.165, 1.54) is 12.1 Å². The van der Waals surface area contributed by atoms with E-state index < -0.39 is 23.7 Å².